The van der Waals surface area contributed by atoms with E-state index in [4.69, 9.17) is 14.7 Å². The number of carbonyl (C=O) groups excluding carboxylic acids is 2. The fourth-order valence-corrected chi connectivity index (χ4v) is 4.68. The molecule has 1 aliphatic carbocycles. The summed E-state index contributed by atoms with van der Waals surface area (Å²) in [5.74, 6) is 0.157. The monoisotopic (exact) mass is 423 g/mol. The van der Waals surface area contributed by atoms with E-state index in [0.29, 0.717) is 50.8 Å². The van der Waals surface area contributed by atoms with Crippen LogP contribution in [0.4, 0.5) is 4.79 Å². The van der Waals surface area contributed by atoms with E-state index in [2.05, 4.69) is 12.1 Å². The number of carbonyl (C=O) groups is 2. The summed E-state index contributed by atoms with van der Waals surface area (Å²) in [4.78, 5) is 29.3. The predicted octanol–water partition coefficient (Wildman–Crippen LogP) is 2.38. The van der Waals surface area contributed by atoms with Crippen LogP contribution < -0.4 is 10.2 Å². The van der Waals surface area contributed by atoms with Gasteiger partial charge in [0.15, 0.2) is 0 Å². The highest BCUT2D eigenvalue weighted by molar-refractivity contribution is 5.93. The van der Waals surface area contributed by atoms with Gasteiger partial charge in [-0.1, -0.05) is 36.4 Å². The van der Waals surface area contributed by atoms with Crippen LogP contribution in [0.3, 0.4) is 0 Å². The minimum absolute atomic E-state index is 0.00430. The van der Waals surface area contributed by atoms with Gasteiger partial charge >= 0.3 is 6.03 Å². The first kappa shape index (κ1) is 19.8. The lowest BCUT2D eigenvalue weighted by Gasteiger charge is -2.37. The largest absolute Gasteiger partial charge is 0.491 e. The fraction of sp³-hybridized carbons (Fsp3) is 0.391. The molecule has 2 unspecified atom stereocenters. The zero-order chi connectivity index (χ0) is 21.4. The lowest BCUT2D eigenvalue weighted by atomic mass is 10.0. The summed E-state index contributed by atoms with van der Waals surface area (Å²) >= 11 is 0. The Morgan fingerprint density at radius 2 is 1.87 bits per heavy atom. The van der Waals surface area contributed by atoms with Crippen molar-refractivity contribution >= 4 is 11.9 Å². The number of fused-ring (bicyclic) bond motifs is 1. The number of hydroxylamine groups is 1. The molecular weight excluding hydrogens is 398 g/mol. The molecule has 2 atom stereocenters. The van der Waals surface area contributed by atoms with Gasteiger partial charge in [-0.05, 0) is 24.1 Å². The van der Waals surface area contributed by atoms with Gasteiger partial charge < -0.3 is 19.3 Å². The molecule has 31 heavy (non-hydrogen) atoms. The molecular formula is C23H25N3O5. The summed E-state index contributed by atoms with van der Waals surface area (Å²) in [6.45, 7) is 2.98. The van der Waals surface area contributed by atoms with E-state index >= 15 is 0 Å². The summed E-state index contributed by atoms with van der Waals surface area (Å²) in [6, 6.07) is 15.2. The number of nitrogens with zero attached hydrogens (tertiary/aromatic N) is 2. The highest BCUT2D eigenvalue weighted by atomic mass is 16.5. The van der Waals surface area contributed by atoms with Crippen molar-refractivity contribution in [1.29, 1.82) is 0 Å². The topological polar surface area (TPSA) is 91.3 Å². The number of benzene rings is 2. The summed E-state index contributed by atoms with van der Waals surface area (Å²) in [6.07, 6.45) is 0.824. The third-order valence-electron chi connectivity index (χ3n) is 6.54. The van der Waals surface area contributed by atoms with Gasteiger partial charge in [0.05, 0.1) is 25.3 Å². The number of ether oxygens (including phenoxy) is 2. The minimum atomic E-state index is -0.597. The van der Waals surface area contributed by atoms with Crippen molar-refractivity contribution in [1.82, 2.24) is 15.3 Å². The summed E-state index contributed by atoms with van der Waals surface area (Å²) in [5, 5.41) is 8.95. The molecule has 1 saturated carbocycles. The molecule has 3 aliphatic rings. The average molecular weight is 423 g/mol. The lowest BCUT2D eigenvalue weighted by molar-refractivity contribution is 0.0333. The molecule has 2 aliphatic heterocycles. The molecule has 0 bridgehead atoms. The van der Waals surface area contributed by atoms with E-state index < -0.39 is 11.4 Å². The molecule has 2 N–H and O–H groups in total. The fourth-order valence-electron chi connectivity index (χ4n) is 4.68. The predicted molar refractivity (Wildman–Crippen MR) is 111 cm³/mol. The van der Waals surface area contributed by atoms with Crippen LogP contribution >= 0.6 is 0 Å². The molecule has 3 amide bonds. The molecule has 2 heterocycles. The highest BCUT2D eigenvalue weighted by Gasteiger charge is 2.62. The third-order valence-corrected chi connectivity index (χ3v) is 6.54. The number of morpholine rings is 1. The Kier molecular flexibility index (Phi) is 5.03. The van der Waals surface area contributed by atoms with Crippen LogP contribution in [0.1, 0.15) is 33.8 Å². The van der Waals surface area contributed by atoms with Gasteiger partial charge in [-0.25, -0.2) is 10.3 Å². The zero-order valence-corrected chi connectivity index (χ0v) is 17.1. The minimum Gasteiger partial charge on any atom is -0.491 e. The molecule has 8 heteroatoms. The Hall–Kier alpha value is -3.10. The normalized spacial score (nSPS) is 24.7. The van der Waals surface area contributed by atoms with Crippen LogP contribution in [-0.2, 0) is 11.3 Å². The molecule has 1 spiro atoms. The van der Waals surface area contributed by atoms with Crippen molar-refractivity contribution in [3.05, 3.63) is 65.2 Å². The molecule has 0 radical (unpaired) electrons. The smallest absolute Gasteiger partial charge is 0.321 e. The van der Waals surface area contributed by atoms with Crippen molar-refractivity contribution in [3.63, 3.8) is 0 Å². The summed E-state index contributed by atoms with van der Waals surface area (Å²) in [5.41, 5.74) is 3.55. The van der Waals surface area contributed by atoms with E-state index in [1.807, 2.05) is 28.0 Å². The van der Waals surface area contributed by atoms with Crippen LogP contribution in [0.5, 0.6) is 5.75 Å². The van der Waals surface area contributed by atoms with Crippen molar-refractivity contribution in [3.8, 4) is 5.75 Å². The van der Waals surface area contributed by atoms with Gasteiger partial charge in [-0.2, -0.15) is 0 Å². The van der Waals surface area contributed by atoms with Crippen LogP contribution in [0, 0.1) is 0 Å². The van der Waals surface area contributed by atoms with Crippen molar-refractivity contribution < 1.29 is 24.3 Å². The van der Waals surface area contributed by atoms with Gasteiger partial charge in [0.25, 0.3) is 5.91 Å². The van der Waals surface area contributed by atoms with Gasteiger partial charge in [-0.3, -0.25) is 10.0 Å². The number of hydrogen-bond acceptors (Lipinski definition) is 5. The Bertz CT molecular complexity index is 992. The van der Waals surface area contributed by atoms with Crippen LogP contribution in [0.2, 0.25) is 0 Å². The molecule has 2 fully saturated rings. The van der Waals surface area contributed by atoms with E-state index in [0.717, 1.165) is 12.0 Å². The van der Waals surface area contributed by atoms with Gasteiger partial charge in [0.2, 0.25) is 0 Å². The molecule has 5 rings (SSSR count). The molecule has 8 nitrogen and oxygen atoms in total. The molecule has 162 valence electrons. The van der Waals surface area contributed by atoms with Gasteiger partial charge in [0.1, 0.15) is 12.4 Å². The number of amides is 3. The molecule has 0 aromatic heterocycles. The molecule has 2 aromatic carbocycles. The second kappa shape index (κ2) is 7.86. The quantitative estimate of drug-likeness (QED) is 0.572. The Morgan fingerprint density at radius 1 is 1.10 bits per heavy atom. The number of nitrogens with one attached hydrogen (secondary N) is 1. The Balaban J connectivity index is 1.49. The maximum absolute atomic E-state index is 13.6. The summed E-state index contributed by atoms with van der Waals surface area (Å²) < 4.78 is 11.6. The lowest BCUT2D eigenvalue weighted by Crippen LogP contribution is -2.53. The first-order chi connectivity index (χ1) is 15.1. The highest BCUT2D eigenvalue weighted by Crippen LogP contribution is 2.57. The second-order valence-corrected chi connectivity index (χ2v) is 8.29. The van der Waals surface area contributed by atoms with Crippen molar-refractivity contribution in [2.45, 2.75) is 24.4 Å². The van der Waals surface area contributed by atoms with E-state index in [-0.39, 0.29) is 11.9 Å². The van der Waals surface area contributed by atoms with Crippen molar-refractivity contribution in [2.24, 2.45) is 0 Å². The van der Waals surface area contributed by atoms with Gasteiger partial charge in [0, 0.05) is 30.1 Å². The maximum atomic E-state index is 13.6. The van der Waals surface area contributed by atoms with Gasteiger partial charge in [-0.15, -0.1) is 0 Å². The number of rotatable bonds is 2. The van der Waals surface area contributed by atoms with Crippen molar-refractivity contribution in [2.75, 3.05) is 32.9 Å². The maximum Gasteiger partial charge on any atom is 0.321 e. The van der Waals surface area contributed by atoms with Crippen LogP contribution in [0.15, 0.2) is 48.5 Å². The molecule has 1 saturated heterocycles. The average Bonchev–Trinajstić information content (AvgIpc) is 3.59. The third kappa shape index (κ3) is 3.51. The number of hydrogen-bond donors (Lipinski definition) is 2. The van der Waals surface area contributed by atoms with Crippen LogP contribution in [0.25, 0.3) is 0 Å². The first-order valence-electron chi connectivity index (χ1n) is 10.5. The summed E-state index contributed by atoms with van der Waals surface area (Å²) in [7, 11) is 0. The van der Waals surface area contributed by atoms with E-state index in [1.165, 1.54) is 5.56 Å². The van der Waals surface area contributed by atoms with Crippen LogP contribution in [-0.4, -0.2) is 65.4 Å². The Morgan fingerprint density at radius 3 is 2.61 bits per heavy atom. The second-order valence-electron chi connectivity index (χ2n) is 8.29. The zero-order valence-electron chi connectivity index (χ0n) is 17.1. The first-order valence-corrected chi connectivity index (χ1v) is 10.5. The SMILES string of the molecule is O=C(NO)c1ccc2c(c1)OCC1(CC1c1ccccc1)N(C(=O)N1CCOCC1)C2. The Labute approximate surface area is 180 Å². The number of urea groups is 1. The van der Waals surface area contributed by atoms with E-state index in [9.17, 15) is 9.59 Å². The standard InChI is InChI=1S/C23H25N3O5/c27-21(24-29)17-6-7-18-14-26(22(28)25-8-10-30-11-9-25)23(15-31-20(18)12-17)13-19(23)16-4-2-1-3-5-16/h1-7,12,19,29H,8-11,13-15H2,(H,24,27). The van der Waals surface area contributed by atoms with E-state index in [1.54, 1.807) is 23.7 Å². The molecule has 2 aromatic rings.